The predicted molar refractivity (Wildman–Crippen MR) is 221 cm³/mol. The van der Waals surface area contributed by atoms with Gasteiger partial charge in [-0.3, -0.25) is 29.2 Å². The summed E-state index contributed by atoms with van der Waals surface area (Å²) < 4.78 is 41.2. The normalized spacial score (nSPS) is 17.3. The number of carbonyl (C=O) groups is 3. The van der Waals surface area contributed by atoms with E-state index in [1.54, 1.807) is 18.3 Å². The Labute approximate surface area is 343 Å². The van der Waals surface area contributed by atoms with Crippen LogP contribution in [0.5, 0.6) is 11.6 Å². The van der Waals surface area contributed by atoms with Gasteiger partial charge in [-0.2, -0.15) is 0 Å². The molecule has 0 bridgehead atoms. The summed E-state index contributed by atoms with van der Waals surface area (Å²) >= 11 is 0. The molecule has 0 aliphatic carbocycles. The van der Waals surface area contributed by atoms with Crippen LogP contribution in [0, 0.1) is 0 Å². The monoisotopic (exact) mass is 813 g/mol. The quantitative estimate of drug-likeness (QED) is 0.120. The molecule has 60 heavy (non-hydrogen) atoms. The lowest BCUT2D eigenvalue weighted by Crippen LogP contribution is -2.51. The van der Waals surface area contributed by atoms with E-state index in [1.165, 1.54) is 24.4 Å². The molecule has 7 heterocycles. The SMILES string of the molecule is C=C1CCC(N2C(=O)c3ccc(NCC(F)(F)COc4ccc(N5CCN(CCOc6ccc(-c7ccc8c(c7)[nH]c7ccncc78)cn6)CC5)nc4)cc3C2=O)C(=O)N1. The van der Waals surface area contributed by atoms with Crippen molar-refractivity contribution in [1.82, 2.24) is 35.1 Å². The van der Waals surface area contributed by atoms with Crippen LogP contribution in [0.4, 0.5) is 20.3 Å². The molecular weight excluding hydrogens is 773 g/mol. The largest absolute Gasteiger partial charge is 0.486 e. The Morgan fingerprint density at radius 1 is 0.833 bits per heavy atom. The minimum absolute atomic E-state index is 0.0499. The lowest BCUT2D eigenvalue weighted by atomic mass is 10.0. The van der Waals surface area contributed by atoms with Crippen molar-refractivity contribution < 1.29 is 32.6 Å². The molecule has 1 atom stereocenters. The molecule has 0 radical (unpaired) electrons. The highest BCUT2D eigenvalue weighted by Gasteiger charge is 2.44. The van der Waals surface area contributed by atoms with Crippen LogP contribution in [0.3, 0.4) is 0 Å². The van der Waals surface area contributed by atoms with Crippen molar-refractivity contribution in [2.45, 2.75) is 24.8 Å². The third-order valence-corrected chi connectivity index (χ3v) is 11.1. The number of amides is 3. The zero-order valence-corrected chi connectivity index (χ0v) is 32.5. The van der Waals surface area contributed by atoms with Gasteiger partial charge in [0.25, 0.3) is 17.7 Å². The van der Waals surface area contributed by atoms with Crippen LogP contribution in [-0.2, 0) is 4.79 Å². The summed E-state index contributed by atoms with van der Waals surface area (Å²) in [5, 5.41) is 7.46. The van der Waals surface area contributed by atoms with Gasteiger partial charge in [-0.25, -0.2) is 18.7 Å². The number of nitrogens with zero attached hydrogens (tertiary/aromatic N) is 6. The summed E-state index contributed by atoms with van der Waals surface area (Å²) in [4.78, 5) is 60.7. The number of piperidine rings is 1. The second-order valence-corrected chi connectivity index (χ2v) is 15.1. The number of aromatic nitrogens is 4. The van der Waals surface area contributed by atoms with E-state index in [1.807, 2.05) is 30.6 Å². The summed E-state index contributed by atoms with van der Waals surface area (Å²) in [5.74, 6) is -3.49. The Hall–Kier alpha value is -6.94. The average Bonchev–Trinajstić information content (AvgIpc) is 3.75. The summed E-state index contributed by atoms with van der Waals surface area (Å²) in [6.45, 7) is 6.38. The minimum atomic E-state index is -3.28. The van der Waals surface area contributed by atoms with Gasteiger partial charge in [-0.05, 0) is 66.9 Å². The number of hydrogen-bond donors (Lipinski definition) is 3. The predicted octanol–water partition coefficient (Wildman–Crippen LogP) is 5.89. The Bertz CT molecular complexity index is 2610. The fourth-order valence-corrected chi connectivity index (χ4v) is 7.82. The number of benzene rings is 2. The second kappa shape index (κ2) is 16.0. The van der Waals surface area contributed by atoms with Crippen molar-refractivity contribution in [2.24, 2.45) is 0 Å². The average molecular weight is 814 g/mol. The highest BCUT2D eigenvalue weighted by molar-refractivity contribution is 6.23. The Morgan fingerprint density at radius 2 is 1.67 bits per heavy atom. The number of aromatic amines is 1. The number of nitrogens with one attached hydrogen (secondary N) is 3. The molecular formula is C44H41F2N9O5. The molecule has 4 aromatic heterocycles. The maximum Gasteiger partial charge on any atom is 0.298 e. The highest BCUT2D eigenvalue weighted by Crippen LogP contribution is 2.32. The molecule has 3 aliphatic rings. The van der Waals surface area contributed by atoms with E-state index in [0.717, 1.165) is 76.4 Å². The number of H-pyrrole nitrogens is 1. The first-order valence-electron chi connectivity index (χ1n) is 19.7. The third kappa shape index (κ3) is 7.93. The van der Waals surface area contributed by atoms with Gasteiger partial charge in [0.05, 0.1) is 23.9 Å². The Morgan fingerprint density at radius 3 is 2.45 bits per heavy atom. The first kappa shape index (κ1) is 38.6. The maximum atomic E-state index is 14.9. The number of pyridine rings is 3. The van der Waals surface area contributed by atoms with Gasteiger partial charge in [0, 0.05) is 96.1 Å². The lowest BCUT2D eigenvalue weighted by Gasteiger charge is -2.35. The van der Waals surface area contributed by atoms with Crippen molar-refractivity contribution in [3.8, 4) is 22.8 Å². The van der Waals surface area contributed by atoms with Gasteiger partial charge in [0.2, 0.25) is 11.8 Å². The van der Waals surface area contributed by atoms with Crippen molar-refractivity contribution in [2.75, 3.05) is 62.7 Å². The molecule has 6 aromatic rings. The fraction of sp³-hybridized carbons (Fsp3) is 0.273. The highest BCUT2D eigenvalue weighted by atomic mass is 19.3. The molecule has 2 saturated heterocycles. The van der Waals surface area contributed by atoms with Gasteiger partial charge in [-0.15, -0.1) is 0 Å². The van der Waals surface area contributed by atoms with Crippen molar-refractivity contribution in [3.63, 3.8) is 0 Å². The number of rotatable bonds is 13. The van der Waals surface area contributed by atoms with Crippen LogP contribution in [0.1, 0.15) is 33.6 Å². The van der Waals surface area contributed by atoms with E-state index in [9.17, 15) is 23.2 Å². The van der Waals surface area contributed by atoms with Gasteiger partial charge in [0.15, 0.2) is 6.61 Å². The Kier molecular flexibility index (Phi) is 10.3. The van der Waals surface area contributed by atoms with Crippen molar-refractivity contribution in [3.05, 3.63) is 115 Å². The molecule has 3 aliphatic heterocycles. The smallest absolute Gasteiger partial charge is 0.298 e. The van der Waals surface area contributed by atoms with Gasteiger partial charge in [-0.1, -0.05) is 18.7 Å². The standard InChI is InChI=1S/C44H41F2N9O5/c1-27-2-9-38(41(56)51-27)55-42(57)33-8-5-30(21-34(33)43(55)58)50-25-44(45,46)26-60-31-6-10-39(48-23-31)54-16-14-53(15-17-54)18-19-59-40-11-4-29(22-49-40)28-3-7-32-35-24-47-13-12-36(35)52-37(32)20-28/h3-8,10-13,20-24,38,50,52H,1-2,9,14-19,25-26H2,(H,51,56). The molecule has 2 aromatic carbocycles. The van der Waals surface area contributed by atoms with Crippen LogP contribution >= 0.6 is 0 Å². The van der Waals surface area contributed by atoms with Crippen LogP contribution in [-0.4, -0.2) is 112 Å². The molecule has 1 unspecified atom stereocenters. The lowest BCUT2D eigenvalue weighted by molar-refractivity contribution is -0.125. The summed E-state index contributed by atoms with van der Waals surface area (Å²) in [5.41, 5.74) is 5.08. The second-order valence-electron chi connectivity index (χ2n) is 15.1. The molecule has 3 N–H and O–H groups in total. The zero-order chi connectivity index (χ0) is 41.4. The number of fused-ring (bicyclic) bond motifs is 4. The topological polar surface area (TPSA) is 158 Å². The van der Waals surface area contributed by atoms with Crippen molar-refractivity contribution in [1.29, 1.82) is 0 Å². The summed E-state index contributed by atoms with van der Waals surface area (Å²) in [7, 11) is 0. The number of ether oxygens (including phenoxy) is 2. The molecule has 306 valence electrons. The van der Waals surface area contributed by atoms with E-state index in [-0.39, 0.29) is 29.0 Å². The van der Waals surface area contributed by atoms with E-state index < -0.39 is 42.8 Å². The van der Waals surface area contributed by atoms with Crippen LogP contribution in [0.25, 0.3) is 32.9 Å². The van der Waals surface area contributed by atoms with Crippen molar-refractivity contribution >= 4 is 51.0 Å². The molecule has 3 amide bonds. The van der Waals surface area contributed by atoms with E-state index >= 15 is 0 Å². The number of hydrogen-bond acceptors (Lipinski definition) is 11. The van der Waals surface area contributed by atoms with Crippen LogP contribution in [0.15, 0.2) is 104 Å². The molecule has 0 saturated carbocycles. The molecule has 2 fully saturated rings. The van der Waals surface area contributed by atoms with Crippen LogP contribution < -0.4 is 25.0 Å². The maximum absolute atomic E-state index is 14.9. The number of carbonyl (C=O) groups excluding carboxylic acids is 3. The molecule has 0 spiro atoms. The third-order valence-electron chi connectivity index (χ3n) is 11.1. The number of imide groups is 1. The molecule has 16 heteroatoms. The number of alkyl halides is 2. The van der Waals surface area contributed by atoms with Crippen LogP contribution in [0.2, 0.25) is 0 Å². The first-order chi connectivity index (χ1) is 29.1. The molecule has 9 rings (SSSR count). The minimum Gasteiger partial charge on any atom is -0.486 e. The fourth-order valence-electron chi connectivity index (χ4n) is 7.82. The van der Waals surface area contributed by atoms with Gasteiger partial charge in [0.1, 0.15) is 24.2 Å². The van der Waals surface area contributed by atoms with Gasteiger partial charge >= 0.3 is 0 Å². The number of piperazine rings is 1. The number of anilines is 2. The van der Waals surface area contributed by atoms with Gasteiger partial charge < -0.3 is 30.0 Å². The number of halogens is 2. The Balaban J connectivity index is 0.698. The molecule has 14 nitrogen and oxygen atoms in total. The van der Waals surface area contributed by atoms with E-state index in [4.69, 9.17) is 9.47 Å². The summed E-state index contributed by atoms with van der Waals surface area (Å²) in [6, 6.07) is 18.8. The first-order valence-corrected chi connectivity index (χ1v) is 19.7. The summed E-state index contributed by atoms with van der Waals surface area (Å²) in [6.07, 6.45) is 7.62. The number of allylic oxidation sites excluding steroid dienone is 1. The van der Waals surface area contributed by atoms with E-state index in [0.29, 0.717) is 24.6 Å². The van der Waals surface area contributed by atoms with E-state index in [2.05, 4.69) is 65.1 Å². The zero-order valence-electron chi connectivity index (χ0n) is 32.5.